The van der Waals surface area contributed by atoms with E-state index >= 15 is 0 Å². The molecule has 1 N–H and O–H groups in total. The number of aromatic amines is 1. The summed E-state index contributed by atoms with van der Waals surface area (Å²) < 4.78 is 12.4. The Kier molecular flexibility index (Phi) is 11.7. The number of thioether (sulfide) groups is 1. The predicted octanol–water partition coefficient (Wildman–Crippen LogP) is 4.11. The number of aryl methyl sites for hydroxylation is 1. The van der Waals surface area contributed by atoms with Crippen LogP contribution in [-0.4, -0.2) is 39.7 Å². The summed E-state index contributed by atoms with van der Waals surface area (Å²) in [6.45, 7) is 3.95. The fourth-order valence-electron chi connectivity index (χ4n) is 3.44. The summed E-state index contributed by atoms with van der Waals surface area (Å²) in [5, 5.41) is 0. The van der Waals surface area contributed by atoms with E-state index < -0.39 is 23.6 Å². The van der Waals surface area contributed by atoms with Crippen molar-refractivity contribution in [2.75, 3.05) is 18.1 Å². The van der Waals surface area contributed by atoms with Crippen LogP contribution in [0, 0.1) is 6.92 Å². The zero-order valence-corrected chi connectivity index (χ0v) is 19.6. The van der Waals surface area contributed by atoms with Gasteiger partial charge < -0.3 is 9.47 Å². The van der Waals surface area contributed by atoms with Crippen LogP contribution in [0.5, 0.6) is 0 Å². The summed E-state index contributed by atoms with van der Waals surface area (Å²) in [6.07, 6.45) is 13.9. The Morgan fingerprint density at radius 3 is 2.48 bits per heavy atom. The summed E-state index contributed by atoms with van der Waals surface area (Å²) in [5.41, 5.74) is -0.508. The predicted molar refractivity (Wildman–Crippen MR) is 125 cm³/mol. The van der Waals surface area contributed by atoms with E-state index in [1.54, 1.807) is 19.1 Å². The zero-order valence-electron chi connectivity index (χ0n) is 18.8. The third-order valence-electron chi connectivity index (χ3n) is 5.26. The molecule has 2 rings (SSSR count). The molecule has 7 nitrogen and oxygen atoms in total. The van der Waals surface area contributed by atoms with E-state index in [1.807, 2.05) is 11.8 Å². The largest absolute Gasteiger partial charge is 0.463 e. The minimum atomic E-state index is -0.614. The minimum Gasteiger partial charge on any atom is -0.463 e. The van der Waals surface area contributed by atoms with Gasteiger partial charge in [-0.3, -0.25) is 19.1 Å². The Balaban J connectivity index is 1.52. The van der Waals surface area contributed by atoms with Gasteiger partial charge in [-0.05, 0) is 37.3 Å². The van der Waals surface area contributed by atoms with Gasteiger partial charge >= 0.3 is 11.7 Å². The summed E-state index contributed by atoms with van der Waals surface area (Å²) in [5.74, 6) is 2.28. The van der Waals surface area contributed by atoms with Crippen LogP contribution in [0.2, 0.25) is 0 Å². The Morgan fingerprint density at radius 2 is 1.77 bits per heavy atom. The number of esters is 1. The van der Waals surface area contributed by atoms with Gasteiger partial charge in [0.1, 0.15) is 12.7 Å². The molecule has 1 aromatic heterocycles. The topological polar surface area (TPSA) is 90.4 Å². The number of H-pyrrole nitrogens is 1. The molecule has 0 saturated heterocycles. The lowest BCUT2D eigenvalue weighted by molar-refractivity contribution is -0.147. The molecule has 0 radical (unpaired) electrons. The van der Waals surface area contributed by atoms with Crippen molar-refractivity contribution in [1.29, 1.82) is 0 Å². The van der Waals surface area contributed by atoms with Crippen molar-refractivity contribution in [3.8, 4) is 0 Å². The van der Waals surface area contributed by atoms with Crippen LogP contribution in [-0.2, 0) is 14.3 Å². The second-order valence-electron chi connectivity index (χ2n) is 7.89. The lowest BCUT2D eigenvalue weighted by Crippen LogP contribution is -2.33. The third-order valence-corrected chi connectivity index (χ3v) is 6.24. The Bertz CT molecular complexity index is 817. The first-order chi connectivity index (χ1) is 15.0. The molecular weight excluding hydrogens is 416 g/mol. The number of hydrogen-bond donors (Lipinski definition) is 1. The van der Waals surface area contributed by atoms with Crippen LogP contribution in [0.15, 0.2) is 27.9 Å². The van der Waals surface area contributed by atoms with E-state index in [0.717, 1.165) is 12.8 Å². The van der Waals surface area contributed by atoms with E-state index in [1.165, 1.54) is 60.8 Å². The quantitative estimate of drug-likeness (QED) is 0.245. The van der Waals surface area contributed by atoms with Crippen molar-refractivity contribution in [2.45, 2.75) is 84.0 Å². The summed E-state index contributed by atoms with van der Waals surface area (Å²) >= 11 is 2.02. The molecule has 0 fully saturated rings. The molecule has 1 aliphatic rings. The number of unbranched alkanes of at least 4 members (excludes halogenated alkanes) is 7. The number of ether oxygens (including phenoxy) is 2. The fourth-order valence-corrected chi connectivity index (χ4v) is 4.14. The second-order valence-corrected chi connectivity index (χ2v) is 9.28. The molecule has 174 valence electrons. The second kappa shape index (κ2) is 14.3. The number of hydrogen-bond acceptors (Lipinski definition) is 6. The number of carbonyl (C=O) groups excluding carboxylic acids is 1. The first-order valence-corrected chi connectivity index (χ1v) is 12.6. The number of nitrogens with one attached hydrogen (secondary N) is 1. The molecule has 0 aliphatic carbocycles. The third kappa shape index (κ3) is 9.47. The molecule has 0 unspecified atom stereocenters. The van der Waals surface area contributed by atoms with E-state index in [-0.39, 0.29) is 12.6 Å². The first kappa shape index (κ1) is 25.5. The van der Waals surface area contributed by atoms with Gasteiger partial charge in [0.25, 0.3) is 5.56 Å². The molecular formula is C23H36N2O5S. The first-order valence-electron chi connectivity index (χ1n) is 11.4. The molecule has 31 heavy (non-hydrogen) atoms. The molecule has 0 spiro atoms. The van der Waals surface area contributed by atoms with Crippen LogP contribution in [0.25, 0.3) is 0 Å². The highest BCUT2D eigenvalue weighted by Gasteiger charge is 2.23. The van der Waals surface area contributed by atoms with E-state index in [4.69, 9.17) is 9.47 Å². The molecule has 0 bridgehead atoms. The van der Waals surface area contributed by atoms with Gasteiger partial charge in [-0.15, -0.1) is 0 Å². The van der Waals surface area contributed by atoms with Gasteiger partial charge in [0.15, 0.2) is 6.23 Å². The highest BCUT2D eigenvalue weighted by atomic mass is 32.2. The highest BCUT2D eigenvalue weighted by molar-refractivity contribution is 7.99. The minimum absolute atomic E-state index is 0.124. The van der Waals surface area contributed by atoms with Crippen molar-refractivity contribution in [3.05, 3.63) is 44.8 Å². The standard InChI is InChI=1S/C23H36N2O5S/c1-3-31-15-11-9-7-5-4-6-8-10-12-21(26)29-17-19-13-14-20(30-19)25-16-18(2)22(27)24-23(25)28/h13-14,16,19-20H,3-12,15,17H2,1-2H3,(H,24,27,28)/t19-,20+/m0/s1. The van der Waals surface area contributed by atoms with Crippen LogP contribution >= 0.6 is 11.8 Å². The van der Waals surface area contributed by atoms with Crippen LogP contribution < -0.4 is 11.2 Å². The van der Waals surface area contributed by atoms with Crippen molar-refractivity contribution in [2.24, 2.45) is 0 Å². The van der Waals surface area contributed by atoms with Gasteiger partial charge in [0, 0.05) is 18.2 Å². The summed E-state index contributed by atoms with van der Waals surface area (Å²) in [6, 6.07) is 0. The number of rotatable bonds is 15. The Labute approximate surface area is 188 Å². The highest BCUT2D eigenvalue weighted by Crippen LogP contribution is 2.20. The smallest absolute Gasteiger partial charge is 0.330 e. The van der Waals surface area contributed by atoms with Gasteiger partial charge in [-0.2, -0.15) is 11.8 Å². The average molecular weight is 453 g/mol. The van der Waals surface area contributed by atoms with E-state index in [2.05, 4.69) is 11.9 Å². The van der Waals surface area contributed by atoms with Crippen molar-refractivity contribution < 1.29 is 14.3 Å². The maximum absolute atomic E-state index is 11.9. The zero-order chi connectivity index (χ0) is 22.5. The van der Waals surface area contributed by atoms with Gasteiger partial charge in [-0.25, -0.2) is 4.79 Å². The van der Waals surface area contributed by atoms with E-state index in [0.29, 0.717) is 12.0 Å². The molecule has 2 atom stereocenters. The molecule has 1 aromatic rings. The lowest BCUT2D eigenvalue weighted by atomic mass is 10.1. The normalized spacial score (nSPS) is 17.9. The molecule has 1 aliphatic heterocycles. The van der Waals surface area contributed by atoms with E-state index in [9.17, 15) is 14.4 Å². The SMILES string of the molecule is CCSCCCCCCCCCCC(=O)OC[C@@H]1C=C[C@H](n2cc(C)c(=O)[nH]c2=O)O1. The van der Waals surface area contributed by atoms with Crippen LogP contribution in [0.1, 0.15) is 76.5 Å². The van der Waals surface area contributed by atoms with Crippen molar-refractivity contribution >= 4 is 17.7 Å². The van der Waals surface area contributed by atoms with Gasteiger partial charge in [0.05, 0.1) is 0 Å². The fraction of sp³-hybridized carbons (Fsp3) is 0.696. The Morgan fingerprint density at radius 1 is 1.10 bits per heavy atom. The van der Waals surface area contributed by atoms with Crippen LogP contribution in [0.4, 0.5) is 0 Å². The maximum atomic E-state index is 11.9. The lowest BCUT2D eigenvalue weighted by Gasteiger charge is -2.16. The van der Waals surface area contributed by atoms with Crippen molar-refractivity contribution in [3.63, 3.8) is 0 Å². The number of aromatic nitrogens is 2. The average Bonchev–Trinajstić information content (AvgIpc) is 3.22. The monoisotopic (exact) mass is 452 g/mol. The van der Waals surface area contributed by atoms with Gasteiger partial charge in [-0.1, -0.05) is 51.5 Å². The molecule has 0 amide bonds. The van der Waals surface area contributed by atoms with Gasteiger partial charge in [0.2, 0.25) is 0 Å². The maximum Gasteiger partial charge on any atom is 0.330 e. The Hall–Kier alpha value is -1.80. The van der Waals surface area contributed by atoms with Crippen molar-refractivity contribution in [1.82, 2.24) is 9.55 Å². The number of nitrogens with zero attached hydrogens (tertiary/aromatic N) is 1. The molecule has 0 saturated carbocycles. The summed E-state index contributed by atoms with van der Waals surface area (Å²) in [7, 11) is 0. The van der Waals surface area contributed by atoms with Crippen LogP contribution in [0.3, 0.4) is 0 Å². The molecule has 8 heteroatoms. The number of carbonyl (C=O) groups is 1. The molecule has 2 heterocycles. The molecule has 0 aromatic carbocycles. The summed E-state index contributed by atoms with van der Waals surface area (Å²) in [4.78, 5) is 37.6.